The molecule has 3 aromatic carbocycles. The molecule has 0 radical (unpaired) electrons. The van der Waals surface area contributed by atoms with Crippen LogP contribution in [0.4, 0.5) is 0 Å². The highest BCUT2D eigenvalue weighted by atomic mass is 16.5. The number of aryl methyl sites for hydroxylation is 1. The maximum atomic E-state index is 13.5. The molecular formula is C29H28N2O4. The molecule has 1 N–H and O–H groups in total. The summed E-state index contributed by atoms with van der Waals surface area (Å²) < 4.78 is 12.0. The number of hydrogen-bond donors (Lipinski definition) is 1. The van der Waals surface area contributed by atoms with Gasteiger partial charge in [-0.05, 0) is 49.6 Å². The summed E-state index contributed by atoms with van der Waals surface area (Å²) in [7, 11) is 0. The van der Waals surface area contributed by atoms with Crippen molar-refractivity contribution in [3.8, 4) is 5.75 Å². The van der Waals surface area contributed by atoms with Crippen LogP contribution in [-0.4, -0.2) is 35.8 Å². The van der Waals surface area contributed by atoms with E-state index in [1.165, 1.54) is 0 Å². The summed E-state index contributed by atoms with van der Waals surface area (Å²) in [5.74, 6) is 0.855. The summed E-state index contributed by atoms with van der Waals surface area (Å²) >= 11 is 0. The molecule has 0 spiro atoms. The van der Waals surface area contributed by atoms with Crippen LogP contribution < -0.4 is 10.1 Å². The van der Waals surface area contributed by atoms with E-state index in [1.807, 2.05) is 85.8 Å². The number of amides is 2. The SMILES string of the molecule is Cc1ccccc1C(=O)NC1CCN(C(=O)c2oc3ccccc3c2COc2ccccc2)CC1. The third-order valence-corrected chi connectivity index (χ3v) is 6.53. The predicted octanol–water partition coefficient (Wildman–Crippen LogP) is 5.35. The molecule has 0 unspecified atom stereocenters. The molecule has 6 nitrogen and oxygen atoms in total. The number of nitrogens with zero attached hydrogens (tertiary/aromatic N) is 1. The van der Waals surface area contributed by atoms with Crippen LogP contribution in [0.3, 0.4) is 0 Å². The van der Waals surface area contributed by atoms with Crippen molar-refractivity contribution in [2.24, 2.45) is 0 Å². The second-order valence-electron chi connectivity index (χ2n) is 8.86. The quantitative estimate of drug-likeness (QED) is 0.414. The van der Waals surface area contributed by atoms with E-state index in [-0.39, 0.29) is 24.5 Å². The first kappa shape index (κ1) is 22.7. The van der Waals surface area contributed by atoms with Gasteiger partial charge >= 0.3 is 0 Å². The first-order valence-corrected chi connectivity index (χ1v) is 11.9. The van der Waals surface area contributed by atoms with Gasteiger partial charge in [-0.3, -0.25) is 9.59 Å². The van der Waals surface area contributed by atoms with Crippen molar-refractivity contribution >= 4 is 22.8 Å². The smallest absolute Gasteiger partial charge is 0.290 e. The number of carbonyl (C=O) groups excluding carboxylic acids is 2. The van der Waals surface area contributed by atoms with E-state index in [0.717, 1.165) is 22.3 Å². The van der Waals surface area contributed by atoms with E-state index in [4.69, 9.17) is 9.15 Å². The lowest BCUT2D eigenvalue weighted by atomic mass is 10.0. The summed E-state index contributed by atoms with van der Waals surface area (Å²) in [5, 5.41) is 4.01. The van der Waals surface area contributed by atoms with Gasteiger partial charge in [-0.15, -0.1) is 0 Å². The molecule has 0 bridgehead atoms. The monoisotopic (exact) mass is 468 g/mol. The highest BCUT2D eigenvalue weighted by Gasteiger charge is 2.29. The van der Waals surface area contributed by atoms with Gasteiger partial charge in [-0.1, -0.05) is 54.6 Å². The largest absolute Gasteiger partial charge is 0.489 e. The summed E-state index contributed by atoms with van der Waals surface area (Å²) in [6, 6.07) is 24.8. The number of nitrogens with one attached hydrogen (secondary N) is 1. The number of furan rings is 1. The topological polar surface area (TPSA) is 71.8 Å². The Labute approximate surface area is 204 Å². The summed E-state index contributed by atoms with van der Waals surface area (Å²) in [4.78, 5) is 28.0. The van der Waals surface area contributed by atoms with Gasteiger partial charge in [0.05, 0.1) is 0 Å². The lowest BCUT2D eigenvalue weighted by Crippen LogP contribution is -2.46. The molecular weight excluding hydrogens is 440 g/mol. The van der Waals surface area contributed by atoms with E-state index in [0.29, 0.717) is 42.8 Å². The highest BCUT2D eigenvalue weighted by molar-refractivity contribution is 5.99. The minimum absolute atomic E-state index is 0.0303. The number of likely N-dealkylation sites (tertiary alicyclic amines) is 1. The van der Waals surface area contributed by atoms with Gasteiger partial charge in [0.15, 0.2) is 5.76 Å². The van der Waals surface area contributed by atoms with Gasteiger partial charge < -0.3 is 19.4 Å². The van der Waals surface area contributed by atoms with E-state index in [9.17, 15) is 9.59 Å². The predicted molar refractivity (Wildman–Crippen MR) is 135 cm³/mol. The molecule has 0 atom stereocenters. The van der Waals surface area contributed by atoms with Crippen LogP contribution in [-0.2, 0) is 6.61 Å². The van der Waals surface area contributed by atoms with Gasteiger partial charge in [0.25, 0.3) is 11.8 Å². The van der Waals surface area contributed by atoms with Crippen LogP contribution >= 0.6 is 0 Å². The average molecular weight is 469 g/mol. The molecule has 2 heterocycles. The Hall–Kier alpha value is -4.06. The summed E-state index contributed by atoms with van der Waals surface area (Å²) in [6.07, 6.45) is 1.39. The zero-order valence-electron chi connectivity index (χ0n) is 19.7. The van der Waals surface area contributed by atoms with Gasteiger partial charge in [0.2, 0.25) is 0 Å². The molecule has 0 saturated carbocycles. The van der Waals surface area contributed by atoms with Gasteiger partial charge in [0.1, 0.15) is 17.9 Å². The number of ether oxygens (including phenoxy) is 1. The van der Waals surface area contributed by atoms with E-state index < -0.39 is 0 Å². The number of carbonyl (C=O) groups is 2. The van der Waals surface area contributed by atoms with Crippen LogP contribution in [0.5, 0.6) is 5.75 Å². The molecule has 5 rings (SSSR count). The van der Waals surface area contributed by atoms with Crippen LogP contribution in [0.25, 0.3) is 11.0 Å². The zero-order chi connectivity index (χ0) is 24.2. The fourth-order valence-corrected chi connectivity index (χ4v) is 4.55. The van der Waals surface area contributed by atoms with Crippen molar-refractivity contribution in [1.82, 2.24) is 10.2 Å². The lowest BCUT2D eigenvalue weighted by molar-refractivity contribution is 0.0666. The van der Waals surface area contributed by atoms with Crippen molar-refractivity contribution in [1.29, 1.82) is 0 Å². The third-order valence-electron chi connectivity index (χ3n) is 6.53. The number of piperidine rings is 1. The normalized spacial score (nSPS) is 14.1. The Morgan fingerprint density at radius 1 is 0.943 bits per heavy atom. The minimum atomic E-state index is -0.142. The molecule has 0 aliphatic carbocycles. The van der Waals surface area contributed by atoms with E-state index >= 15 is 0 Å². The number of para-hydroxylation sites is 2. The van der Waals surface area contributed by atoms with Crippen LogP contribution in [0.15, 0.2) is 83.3 Å². The van der Waals surface area contributed by atoms with Crippen molar-refractivity contribution in [3.05, 3.63) is 101 Å². The molecule has 1 aliphatic heterocycles. The maximum absolute atomic E-state index is 13.5. The van der Waals surface area contributed by atoms with Gasteiger partial charge in [-0.2, -0.15) is 0 Å². The van der Waals surface area contributed by atoms with Gasteiger partial charge in [-0.25, -0.2) is 0 Å². The Morgan fingerprint density at radius 3 is 2.40 bits per heavy atom. The zero-order valence-corrected chi connectivity index (χ0v) is 19.7. The Morgan fingerprint density at radius 2 is 1.63 bits per heavy atom. The first-order chi connectivity index (χ1) is 17.1. The van der Waals surface area contributed by atoms with E-state index in [2.05, 4.69) is 5.32 Å². The van der Waals surface area contributed by atoms with E-state index in [1.54, 1.807) is 4.90 Å². The van der Waals surface area contributed by atoms with Crippen LogP contribution in [0.2, 0.25) is 0 Å². The molecule has 1 fully saturated rings. The fraction of sp³-hybridized carbons (Fsp3) is 0.241. The van der Waals surface area contributed by atoms with Crippen molar-refractivity contribution in [2.45, 2.75) is 32.4 Å². The number of fused-ring (bicyclic) bond motifs is 1. The molecule has 35 heavy (non-hydrogen) atoms. The van der Waals surface area contributed by atoms with Crippen molar-refractivity contribution < 1.29 is 18.7 Å². The Kier molecular flexibility index (Phi) is 6.53. The second-order valence-corrected chi connectivity index (χ2v) is 8.86. The molecule has 6 heteroatoms. The lowest BCUT2D eigenvalue weighted by Gasteiger charge is -2.32. The first-order valence-electron chi connectivity index (χ1n) is 11.9. The second kappa shape index (κ2) is 10.1. The standard InChI is InChI=1S/C29H28N2O4/c1-20-9-5-6-12-23(20)28(32)30-21-15-17-31(18-16-21)29(33)27-25(19-34-22-10-3-2-4-11-22)24-13-7-8-14-26(24)35-27/h2-14,21H,15-19H2,1H3,(H,30,32). The fourth-order valence-electron chi connectivity index (χ4n) is 4.55. The molecule has 2 amide bonds. The summed E-state index contributed by atoms with van der Waals surface area (Å²) in [6.45, 7) is 3.27. The van der Waals surface area contributed by atoms with Crippen LogP contribution in [0, 0.1) is 6.92 Å². The van der Waals surface area contributed by atoms with Crippen molar-refractivity contribution in [3.63, 3.8) is 0 Å². The molecule has 178 valence electrons. The highest BCUT2D eigenvalue weighted by Crippen LogP contribution is 2.29. The molecule has 1 aromatic heterocycles. The number of hydrogen-bond acceptors (Lipinski definition) is 4. The third kappa shape index (κ3) is 4.92. The van der Waals surface area contributed by atoms with Crippen molar-refractivity contribution in [2.75, 3.05) is 13.1 Å². The minimum Gasteiger partial charge on any atom is -0.489 e. The van der Waals surface area contributed by atoms with Gasteiger partial charge in [0, 0.05) is 35.6 Å². The summed E-state index contributed by atoms with van der Waals surface area (Å²) in [5.41, 5.74) is 3.07. The number of rotatable bonds is 6. The Balaban J connectivity index is 1.27. The average Bonchev–Trinajstić information content (AvgIpc) is 3.27. The molecule has 1 aliphatic rings. The Bertz CT molecular complexity index is 1340. The molecule has 4 aromatic rings. The maximum Gasteiger partial charge on any atom is 0.290 e. The molecule has 1 saturated heterocycles. The van der Waals surface area contributed by atoms with Crippen LogP contribution in [0.1, 0.15) is 44.9 Å². The number of benzene rings is 3.